The van der Waals surface area contributed by atoms with Crippen molar-refractivity contribution in [2.45, 2.75) is 13.5 Å². The summed E-state index contributed by atoms with van der Waals surface area (Å²) in [6.07, 6.45) is 0. The molecule has 7 nitrogen and oxygen atoms in total. The molecule has 1 N–H and O–H groups in total. The highest BCUT2D eigenvalue weighted by Gasteiger charge is 2.18. The first-order chi connectivity index (χ1) is 15.9. The van der Waals surface area contributed by atoms with Crippen LogP contribution in [-0.2, 0) is 11.3 Å². The van der Waals surface area contributed by atoms with E-state index >= 15 is 0 Å². The number of rotatable bonds is 4. The van der Waals surface area contributed by atoms with Gasteiger partial charge in [0.2, 0.25) is 5.91 Å². The van der Waals surface area contributed by atoms with E-state index in [4.69, 9.17) is 0 Å². The third-order valence-corrected chi connectivity index (χ3v) is 5.27. The molecule has 0 atom stereocenters. The second kappa shape index (κ2) is 7.94. The summed E-state index contributed by atoms with van der Waals surface area (Å²) in [5.74, 6) is -1.93. The molecular formula is C24H17F2N5O2. The van der Waals surface area contributed by atoms with Gasteiger partial charge in [-0.25, -0.2) is 18.6 Å². The molecule has 0 aliphatic rings. The molecule has 0 spiro atoms. The summed E-state index contributed by atoms with van der Waals surface area (Å²) < 4.78 is 29.5. The molecule has 0 bridgehead atoms. The van der Waals surface area contributed by atoms with Gasteiger partial charge in [-0.3, -0.25) is 9.36 Å². The van der Waals surface area contributed by atoms with Crippen LogP contribution >= 0.6 is 0 Å². The van der Waals surface area contributed by atoms with Crippen LogP contribution in [0.3, 0.4) is 0 Å². The van der Waals surface area contributed by atoms with E-state index in [1.54, 1.807) is 24.3 Å². The fourth-order valence-electron chi connectivity index (χ4n) is 3.64. The molecule has 0 unspecified atom stereocenters. The summed E-state index contributed by atoms with van der Waals surface area (Å²) in [6, 6.07) is 17.4. The van der Waals surface area contributed by atoms with Gasteiger partial charge in [0.05, 0.1) is 11.2 Å². The predicted molar refractivity (Wildman–Crippen MR) is 120 cm³/mol. The van der Waals surface area contributed by atoms with Gasteiger partial charge in [0.1, 0.15) is 18.2 Å². The third kappa shape index (κ3) is 3.73. The predicted octanol–water partition coefficient (Wildman–Crippen LogP) is 3.94. The minimum atomic E-state index is -0.907. The van der Waals surface area contributed by atoms with Crippen molar-refractivity contribution in [1.82, 2.24) is 19.2 Å². The smallest absolute Gasteiger partial charge is 0.322 e. The lowest BCUT2D eigenvalue weighted by Crippen LogP contribution is -2.32. The van der Waals surface area contributed by atoms with Crippen molar-refractivity contribution in [1.29, 1.82) is 0 Å². The van der Waals surface area contributed by atoms with Crippen LogP contribution in [0.5, 0.6) is 0 Å². The fraction of sp³-hybridized carbons (Fsp3) is 0.0833. The summed E-state index contributed by atoms with van der Waals surface area (Å²) in [5, 5.41) is 7.38. The Morgan fingerprint density at radius 2 is 1.79 bits per heavy atom. The number of halogens is 2. The van der Waals surface area contributed by atoms with E-state index in [1.165, 1.54) is 4.57 Å². The number of hydrogen-bond acceptors (Lipinski definition) is 4. The summed E-state index contributed by atoms with van der Waals surface area (Å²) in [7, 11) is 0. The molecule has 0 saturated carbocycles. The van der Waals surface area contributed by atoms with Crippen molar-refractivity contribution in [3.63, 3.8) is 0 Å². The number of nitrogens with zero attached hydrogens (tertiary/aromatic N) is 4. The molecule has 5 aromatic rings. The van der Waals surface area contributed by atoms with Crippen LogP contribution in [0.2, 0.25) is 0 Å². The number of para-hydroxylation sites is 1. The van der Waals surface area contributed by atoms with Crippen LogP contribution in [0.1, 0.15) is 5.56 Å². The van der Waals surface area contributed by atoms with Crippen molar-refractivity contribution in [2.24, 2.45) is 0 Å². The Balaban J connectivity index is 1.59. The number of hydrogen-bond donors (Lipinski definition) is 1. The number of aryl methyl sites for hydroxylation is 1. The number of benzene rings is 3. The molecule has 0 aliphatic carbocycles. The van der Waals surface area contributed by atoms with Gasteiger partial charge in [-0.2, -0.15) is 4.52 Å². The first-order valence-corrected chi connectivity index (χ1v) is 10.1. The minimum Gasteiger partial charge on any atom is -0.322 e. The lowest BCUT2D eigenvalue weighted by molar-refractivity contribution is -0.116. The molecule has 0 aliphatic heterocycles. The maximum atomic E-state index is 13.9. The van der Waals surface area contributed by atoms with E-state index in [0.29, 0.717) is 28.4 Å². The summed E-state index contributed by atoms with van der Waals surface area (Å²) in [6.45, 7) is 1.57. The van der Waals surface area contributed by atoms with Gasteiger partial charge in [-0.15, -0.1) is 5.10 Å². The Morgan fingerprint density at radius 3 is 2.55 bits per heavy atom. The number of carbonyl (C=O) groups excluding carboxylic acids is 1. The highest BCUT2D eigenvalue weighted by molar-refractivity contribution is 5.95. The SMILES string of the molecule is Cc1ccc(-c2nc3c4ccccc4n(CC(=O)Nc4ccc(F)cc4F)c(=O)n3n2)cc1. The van der Waals surface area contributed by atoms with Gasteiger partial charge >= 0.3 is 5.69 Å². The van der Waals surface area contributed by atoms with Crippen molar-refractivity contribution in [3.8, 4) is 11.4 Å². The number of nitrogens with one attached hydrogen (secondary N) is 1. The average Bonchev–Trinajstić information content (AvgIpc) is 3.25. The molecule has 3 aromatic carbocycles. The van der Waals surface area contributed by atoms with Crippen LogP contribution in [0.4, 0.5) is 14.5 Å². The Hall–Kier alpha value is -4.40. The normalized spacial score (nSPS) is 11.2. The molecule has 0 saturated heterocycles. The average molecular weight is 445 g/mol. The highest BCUT2D eigenvalue weighted by atomic mass is 19.1. The van der Waals surface area contributed by atoms with Gasteiger partial charge in [-0.05, 0) is 31.2 Å². The third-order valence-electron chi connectivity index (χ3n) is 5.27. The molecule has 5 rings (SSSR count). The first-order valence-electron chi connectivity index (χ1n) is 10.1. The molecule has 9 heteroatoms. The first kappa shape index (κ1) is 20.5. The molecule has 33 heavy (non-hydrogen) atoms. The zero-order valence-corrected chi connectivity index (χ0v) is 17.4. The summed E-state index contributed by atoms with van der Waals surface area (Å²) >= 11 is 0. The van der Waals surface area contributed by atoms with Crippen LogP contribution < -0.4 is 11.0 Å². The molecule has 0 fully saturated rings. The summed E-state index contributed by atoms with van der Waals surface area (Å²) in [4.78, 5) is 30.5. The number of fused-ring (bicyclic) bond motifs is 3. The lowest BCUT2D eigenvalue weighted by Gasteiger charge is -2.11. The summed E-state index contributed by atoms with van der Waals surface area (Å²) in [5.41, 5.74) is 1.94. The van der Waals surface area contributed by atoms with E-state index < -0.39 is 29.8 Å². The monoisotopic (exact) mass is 445 g/mol. The van der Waals surface area contributed by atoms with Gasteiger partial charge in [0, 0.05) is 17.0 Å². The van der Waals surface area contributed by atoms with Gasteiger partial charge in [0.15, 0.2) is 11.5 Å². The largest absolute Gasteiger partial charge is 0.351 e. The topological polar surface area (TPSA) is 81.3 Å². The van der Waals surface area contributed by atoms with Crippen molar-refractivity contribution in [3.05, 3.63) is 94.4 Å². The number of carbonyl (C=O) groups is 1. The molecule has 0 radical (unpaired) electrons. The molecule has 1 amide bonds. The Morgan fingerprint density at radius 1 is 1.03 bits per heavy atom. The zero-order valence-electron chi connectivity index (χ0n) is 17.4. The highest BCUT2D eigenvalue weighted by Crippen LogP contribution is 2.22. The van der Waals surface area contributed by atoms with Gasteiger partial charge in [0.25, 0.3) is 0 Å². The van der Waals surface area contributed by atoms with Crippen molar-refractivity contribution in [2.75, 3.05) is 5.32 Å². The van der Waals surface area contributed by atoms with Crippen LogP contribution in [0.15, 0.2) is 71.5 Å². The van der Waals surface area contributed by atoms with E-state index in [-0.39, 0.29) is 5.69 Å². The number of aromatic nitrogens is 4. The molecular weight excluding hydrogens is 428 g/mol. The number of anilines is 1. The van der Waals surface area contributed by atoms with Crippen molar-refractivity contribution >= 4 is 28.1 Å². The second-order valence-electron chi connectivity index (χ2n) is 7.60. The van der Waals surface area contributed by atoms with Crippen LogP contribution in [0, 0.1) is 18.6 Å². The Labute approximate surface area is 185 Å². The zero-order chi connectivity index (χ0) is 23.1. The molecule has 2 aromatic heterocycles. The second-order valence-corrected chi connectivity index (χ2v) is 7.60. The Bertz CT molecular complexity index is 1590. The molecule has 2 heterocycles. The lowest BCUT2D eigenvalue weighted by atomic mass is 10.1. The Kier molecular flexibility index (Phi) is 4.93. The number of amides is 1. The maximum absolute atomic E-state index is 13.9. The quantitative estimate of drug-likeness (QED) is 0.455. The fourth-order valence-corrected chi connectivity index (χ4v) is 3.64. The molecule has 164 valence electrons. The van der Waals surface area contributed by atoms with E-state index in [2.05, 4.69) is 15.4 Å². The maximum Gasteiger partial charge on any atom is 0.351 e. The van der Waals surface area contributed by atoms with Crippen LogP contribution in [-0.4, -0.2) is 25.1 Å². The van der Waals surface area contributed by atoms with E-state index in [1.807, 2.05) is 31.2 Å². The standard InChI is InChI=1S/C24H17F2N5O2/c1-14-6-8-15(9-7-14)22-28-23-17-4-2-3-5-20(17)30(24(33)31(23)29-22)13-21(32)27-19-11-10-16(25)12-18(19)26/h2-12H,13H2,1H3,(H,27,32). The van der Waals surface area contributed by atoms with Gasteiger partial charge < -0.3 is 5.32 Å². The van der Waals surface area contributed by atoms with Crippen LogP contribution in [0.25, 0.3) is 27.9 Å². The van der Waals surface area contributed by atoms with Crippen molar-refractivity contribution < 1.29 is 13.6 Å². The van der Waals surface area contributed by atoms with E-state index in [9.17, 15) is 18.4 Å². The van der Waals surface area contributed by atoms with Gasteiger partial charge in [-0.1, -0.05) is 42.0 Å². The van der Waals surface area contributed by atoms with E-state index in [0.717, 1.165) is 27.8 Å². The minimum absolute atomic E-state index is 0.178.